The molecule has 0 aromatic carbocycles. The Labute approximate surface area is 72.1 Å². The van der Waals surface area contributed by atoms with Gasteiger partial charge < -0.3 is 10.00 Å². The first-order chi connectivity index (χ1) is 5.17. The van der Waals surface area contributed by atoms with Crippen LogP contribution in [0.3, 0.4) is 0 Å². The molecule has 0 saturated carbocycles. The average Bonchev–Trinajstić information content (AvgIpc) is 1.81. The first-order valence-electron chi connectivity index (χ1n) is 3.70. The molecule has 1 unspecified atom stereocenters. The van der Waals surface area contributed by atoms with Crippen LogP contribution in [-0.4, -0.2) is 27.3 Å². The zero-order valence-electron chi connectivity index (χ0n) is 7.57. The Morgan fingerprint density at radius 2 is 1.83 bits per heavy atom. The second-order valence-electron chi connectivity index (χ2n) is 3.74. The summed E-state index contributed by atoms with van der Waals surface area (Å²) in [5.74, 6) is -1.03. The summed E-state index contributed by atoms with van der Waals surface area (Å²) in [6.45, 7) is 4.90. The van der Waals surface area contributed by atoms with Crippen LogP contribution in [0.4, 0.5) is 0 Å². The Morgan fingerprint density at radius 3 is 2.08 bits per heavy atom. The van der Waals surface area contributed by atoms with Gasteiger partial charge in [-0.3, -0.25) is 9.36 Å². The third-order valence-electron chi connectivity index (χ3n) is 1.68. The minimum absolute atomic E-state index is 0.147. The van der Waals surface area contributed by atoms with Crippen molar-refractivity contribution >= 4 is 13.3 Å². The molecule has 0 rings (SSSR count). The van der Waals surface area contributed by atoms with E-state index in [9.17, 15) is 14.3 Å². The van der Waals surface area contributed by atoms with Crippen molar-refractivity contribution in [1.29, 1.82) is 0 Å². The number of hydrogen-bond acceptors (Lipinski definition) is 2. The summed E-state index contributed by atoms with van der Waals surface area (Å²) in [6.07, 6.45) is -0.392. The third-order valence-corrected chi connectivity index (χ3v) is 4.60. The SMILES string of the molecule is CC(C)(C)P(=O)(O)CCC(=O)O. The Bertz CT molecular complexity index is 216. The molecule has 0 fully saturated rings. The van der Waals surface area contributed by atoms with Crippen molar-refractivity contribution in [2.24, 2.45) is 0 Å². The highest BCUT2D eigenvalue weighted by atomic mass is 31.2. The topological polar surface area (TPSA) is 74.6 Å². The van der Waals surface area contributed by atoms with Crippen molar-refractivity contribution < 1.29 is 19.4 Å². The fourth-order valence-electron chi connectivity index (χ4n) is 0.583. The van der Waals surface area contributed by atoms with E-state index in [1.54, 1.807) is 20.8 Å². The van der Waals surface area contributed by atoms with E-state index in [0.717, 1.165) is 0 Å². The molecule has 0 spiro atoms. The highest BCUT2D eigenvalue weighted by Gasteiger charge is 2.34. The summed E-state index contributed by atoms with van der Waals surface area (Å²) >= 11 is 0. The minimum Gasteiger partial charge on any atom is -0.481 e. The van der Waals surface area contributed by atoms with Crippen LogP contribution in [0, 0.1) is 0 Å². The van der Waals surface area contributed by atoms with Crippen molar-refractivity contribution in [3.05, 3.63) is 0 Å². The summed E-state index contributed by atoms with van der Waals surface area (Å²) in [5.41, 5.74) is 0. The molecule has 0 bridgehead atoms. The molecule has 0 aromatic rings. The van der Waals surface area contributed by atoms with E-state index in [4.69, 9.17) is 5.11 Å². The van der Waals surface area contributed by atoms with Crippen LogP contribution in [0.1, 0.15) is 27.2 Å². The number of hydrogen-bond donors (Lipinski definition) is 2. The molecule has 0 aliphatic heterocycles. The summed E-state index contributed by atoms with van der Waals surface area (Å²) in [4.78, 5) is 19.5. The largest absolute Gasteiger partial charge is 0.481 e. The Hall–Kier alpha value is -0.340. The molecule has 0 aromatic heterocycles. The van der Waals surface area contributed by atoms with Gasteiger partial charge in [-0.05, 0) is 0 Å². The summed E-state index contributed by atoms with van der Waals surface area (Å²) in [5, 5.41) is 7.59. The highest BCUT2D eigenvalue weighted by molar-refractivity contribution is 7.59. The van der Waals surface area contributed by atoms with E-state index in [1.165, 1.54) is 0 Å². The standard InChI is InChI=1S/C7H15O4P/c1-7(2,3)12(10,11)5-4-6(8)9/h4-5H2,1-3H3,(H,8,9)(H,10,11). The predicted octanol–water partition coefficient (Wildman–Crippen LogP) is 1.53. The van der Waals surface area contributed by atoms with Crippen molar-refractivity contribution in [2.75, 3.05) is 6.16 Å². The van der Waals surface area contributed by atoms with Gasteiger partial charge in [-0.2, -0.15) is 0 Å². The quantitative estimate of drug-likeness (QED) is 0.668. The van der Waals surface area contributed by atoms with E-state index in [2.05, 4.69) is 0 Å². The average molecular weight is 194 g/mol. The van der Waals surface area contributed by atoms with Crippen LogP contribution in [0.5, 0.6) is 0 Å². The molecule has 0 amide bonds. The number of carbonyl (C=O) groups is 1. The fraction of sp³-hybridized carbons (Fsp3) is 0.857. The molecule has 5 heteroatoms. The van der Waals surface area contributed by atoms with Gasteiger partial charge in [-0.1, -0.05) is 20.8 Å². The van der Waals surface area contributed by atoms with Gasteiger partial charge in [0.2, 0.25) is 7.37 Å². The molecular weight excluding hydrogens is 179 g/mol. The van der Waals surface area contributed by atoms with Crippen LogP contribution in [0.25, 0.3) is 0 Å². The monoisotopic (exact) mass is 194 g/mol. The lowest BCUT2D eigenvalue weighted by Crippen LogP contribution is -2.17. The molecule has 0 aliphatic rings. The number of carboxylic acid groups (broad SMARTS) is 1. The number of aliphatic carboxylic acids is 1. The number of carboxylic acids is 1. The van der Waals surface area contributed by atoms with Crippen molar-refractivity contribution in [1.82, 2.24) is 0 Å². The van der Waals surface area contributed by atoms with Gasteiger partial charge in [0.1, 0.15) is 0 Å². The second-order valence-corrected chi connectivity index (χ2v) is 6.93. The molecule has 12 heavy (non-hydrogen) atoms. The van der Waals surface area contributed by atoms with Gasteiger partial charge >= 0.3 is 5.97 Å². The van der Waals surface area contributed by atoms with Crippen molar-refractivity contribution in [3.8, 4) is 0 Å². The van der Waals surface area contributed by atoms with Crippen LogP contribution in [0.2, 0.25) is 0 Å². The van der Waals surface area contributed by atoms with E-state index in [1.807, 2.05) is 0 Å². The van der Waals surface area contributed by atoms with E-state index < -0.39 is 18.5 Å². The lowest BCUT2D eigenvalue weighted by molar-refractivity contribution is -0.136. The van der Waals surface area contributed by atoms with Gasteiger partial charge in [-0.15, -0.1) is 0 Å². The fourth-order valence-corrected chi connectivity index (χ4v) is 1.75. The normalized spacial score (nSPS) is 17.0. The summed E-state index contributed by atoms with van der Waals surface area (Å²) in [7, 11) is -3.31. The lowest BCUT2D eigenvalue weighted by Gasteiger charge is -2.25. The van der Waals surface area contributed by atoms with E-state index in [0.29, 0.717) is 0 Å². The maximum absolute atomic E-state index is 11.4. The van der Waals surface area contributed by atoms with Gasteiger partial charge in [0.25, 0.3) is 0 Å². The summed E-state index contributed by atoms with van der Waals surface area (Å²) in [6, 6.07) is 0. The molecular formula is C7H15O4P. The molecule has 0 aliphatic carbocycles. The third kappa shape index (κ3) is 3.37. The maximum atomic E-state index is 11.4. The molecule has 2 N–H and O–H groups in total. The molecule has 72 valence electrons. The molecule has 4 nitrogen and oxygen atoms in total. The van der Waals surface area contributed by atoms with Crippen LogP contribution >= 0.6 is 7.37 Å². The molecule has 0 radical (unpaired) electrons. The van der Waals surface area contributed by atoms with E-state index in [-0.39, 0.29) is 12.6 Å². The Balaban J connectivity index is 4.25. The minimum atomic E-state index is -3.31. The smallest absolute Gasteiger partial charge is 0.303 e. The molecule has 0 heterocycles. The second kappa shape index (κ2) is 3.58. The maximum Gasteiger partial charge on any atom is 0.303 e. The van der Waals surface area contributed by atoms with Gasteiger partial charge in [-0.25, -0.2) is 0 Å². The van der Waals surface area contributed by atoms with Crippen LogP contribution in [-0.2, 0) is 9.36 Å². The van der Waals surface area contributed by atoms with Crippen LogP contribution < -0.4 is 0 Å². The zero-order valence-corrected chi connectivity index (χ0v) is 8.47. The van der Waals surface area contributed by atoms with Gasteiger partial charge in [0.05, 0.1) is 6.42 Å². The lowest BCUT2D eigenvalue weighted by atomic mass is 10.3. The summed E-state index contributed by atoms with van der Waals surface area (Å²) < 4.78 is 11.4. The van der Waals surface area contributed by atoms with Gasteiger partial charge in [0.15, 0.2) is 0 Å². The number of rotatable bonds is 3. The van der Waals surface area contributed by atoms with E-state index >= 15 is 0 Å². The Kier molecular flexibility index (Phi) is 3.48. The van der Waals surface area contributed by atoms with Crippen molar-refractivity contribution in [2.45, 2.75) is 32.3 Å². The predicted molar refractivity (Wildman–Crippen MR) is 46.7 cm³/mol. The Morgan fingerprint density at radius 1 is 1.42 bits per heavy atom. The van der Waals surface area contributed by atoms with Gasteiger partial charge in [0, 0.05) is 11.3 Å². The van der Waals surface area contributed by atoms with Crippen LogP contribution in [0.15, 0.2) is 0 Å². The zero-order chi connectivity index (χ0) is 9.99. The molecule has 0 saturated heterocycles. The first kappa shape index (κ1) is 11.7. The molecule has 1 atom stereocenters. The van der Waals surface area contributed by atoms with Crippen molar-refractivity contribution in [3.63, 3.8) is 0 Å². The highest BCUT2D eigenvalue weighted by Crippen LogP contribution is 2.54. The first-order valence-corrected chi connectivity index (χ1v) is 5.55.